The minimum Gasteiger partial charge on any atom is -0.484 e. The van der Waals surface area contributed by atoms with Gasteiger partial charge in [-0.3, -0.25) is 9.78 Å². The van der Waals surface area contributed by atoms with Crippen LogP contribution in [-0.4, -0.2) is 27.6 Å². The van der Waals surface area contributed by atoms with E-state index < -0.39 is 0 Å². The zero-order chi connectivity index (χ0) is 20.1. The number of carbonyl (C=O) groups is 1. The van der Waals surface area contributed by atoms with Crippen molar-refractivity contribution in [1.82, 2.24) is 15.1 Å². The van der Waals surface area contributed by atoms with Gasteiger partial charge in [0.25, 0.3) is 11.8 Å². The fourth-order valence-electron chi connectivity index (χ4n) is 2.58. The van der Waals surface area contributed by atoms with Crippen LogP contribution in [0.2, 0.25) is 0 Å². The summed E-state index contributed by atoms with van der Waals surface area (Å²) in [4.78, 5) is 20.9. The van der Waals surface area contributed by atoms with Crippen molar-refractivity contribution in [3.63, 3.8) is 0 Å². The Labute approximate surface area is 174 Å². The molecule has 8 heteroatoms. The van der Waals surface area contributed by atoms with Crippen LogP contribution in [0.15, 0.2) is 81.9 Å². The number of nitrogens with zero attached hydrogens (tertiary/aromatic N) is 3. The molecule has 0 bridgehead atoms. The highest BCUT2D eigenvalue weighted by atomic mass is 79.9. The van der Waals surface area contributed by atoms with Gasteiger partial charge in [-0.1, -0.05) is 39.3 Å². The molecule has 0 atom stereocenters. The van der Waals surface area contributed by atoms with Crippen molar-refractivity contribution in [3.05, 3.63) is 77.4 Å². The molecule has 29 heavy (non-hydrogen) atoms. The fourth-order valence-corrected chi connectivity index (χ4v) is 2.84. The number of benzene rings is 2. The van der Waals surface area contributed by atoms with Gasteiger partial charge in [0.2, 0.25) is 5.82 Å². The van der Waals surface area contributed by atoms with Crippen LogP contribution in [-0.2, 0) is 4.79 Å². The van der Waals surface area contributed by atoms with E-state index in [-0.39, 0.29) is 18.4 Å². The van der Waals surface area contributed by atoms with Crippen molar-refractivity contribution in [1.29, 1.82) is 0 Å². The number of rotatable bonds is 6. The molecule has 2 aromatic heterocycles. The molecule has 0 aliphatic carbocycles. The van der Waals surface area contributed by atoms with E-state index in [1.54, 1.807) is 36.5 Å². The third-order valence-electron chi connectivity index (χ3n) is 3.94. The van der Waals surface area contributed by atoms with Crippen molar-refractivity contribution in [2.75, 3.05) is 11.9 Å². The number of hydrogen-bond acceptors (Lipinski definition) is 6. The van der Waals surface area contributed by atoms with Gasteiger partial charge in [0, 0.05) is 10.7 Å². The van der Waals surface area contributed by atoms with Crippen LogP contribution in [0.25, 0.3) is 23.0 Å². The smallest absolute Gasteiger partial charge is 0.262 e. The summed E-state index contributed by atoms with van der Waals surface area (Å²) in [5.74, 6) is 0.967. The number of aromatic nitrogens is 3. The summed E-state index contributed by atoms with van der Waals surface area (Å²) in [6.45, 7) is -0.126. The number of halogens is 1. The van der Waals surface area contributed by atoms with Crippen LogP contribution in [0.1, 0.15) is 0 Å². The Hall–Kier alpha value is -3.52. The second kappa shape index (κ2) is 8.66. The van der Waals surface area contributed by atoms with Gasteiger partial charge in [-0.05, 0) is 48.5 Å². The minimum absolute atomic E-state index is 0.126. The monoisotopic (exact) mass is 450 g/mol. The quantitative estimate of drug-likeness (QED) is 0.462. The van der Waals surface area contributed by atoms with Crippen molar-refractivity contribution in [2.45, 2.75) is 0 Å². The van der Waals surface area contributed by atoms with Gasteiger partial charge in [-0.25, -0.2) is 0 Å². The van der Waals surface area contributed by atoms with Crippen LogP contribution < -0.4 is 10.1 Å². The first-order valence-electron chi connectivity index (χ1n) is 8.72. The highest BCUT2D eigenvalue weighted by molar-refractivity contribution is 9.10. The lowest BCUT2D eigenvalue weighted by Crippen LogP contribution is -2.20. The average molecular weight is 451 g/mol. The van der Waals surface area contributed by atoms with Crippen molar-refractivity contribution in [2.24, 2.45) is 0 Å². The van der Waals surface area contributed by atoms with Gasteiger partial charge in [-0.15, -0.1) is 0 Å². The maximum Gasteiger partial charge on any atom is 0.262 e. The molecular formula is C21H15BrN4O3. The van der Waals surface area contributed by atoms with Gasteiger partial charge < -0.3 is 14.6 Å². The van der Waals surface area contributed by atoms with E-state index in [0.29, 0.717) is 28.5 Å². The summed E-state index contributed by atoms with van der Waals surface area (Å²) in [7, 11) is 0. The molecule has 2 aromatic carbocycles. The molecule has 0 saturated carbocycles. The number of para-hydroxylation sites is 1. The number of pyridine rings is 1. The Morgan fingerprint density at radius 2 is 1.83 bits per heavy atom. The molecule has 4 rings (SSSR count). The largest absolute Gasteiger partial charge is 0.484 e. The molecule has 144 valence electrons. The molecular weight excluding hydrogens is 436 g/mol. The van der Waals surface area contributed by atoms with Crippen molar-refractivity contribution >= 4 is 27.5 Å². The van der Waals surface area contributed by atoms with Gasteiger partial charge in [0.05, 0.1) is 11.3 Å². The average Bonchev–Trinajstić information content (AvgIpc) is 3.24. The molecule has 4 aromatic rings. The second-order valence-corrected chi connectivity index (χ2v) is 6.89. The Balaban J connectivity index is 1.48. The Bertz CT molecular complexity index is 1110. The standard InChI is InChI=1S/C21H15BrN4O3/c22-14-8-10-15(11-9-14)28-13-19(27)24-17-6-2-1-5-16(17)21-25-20(26-29-21)18-7-3-4-12-23-18/h1-12H,13H2,(H,24,27). The van der Waals surface area contributed by atoms with Gasteiger partial charge >= 0.3 is 0 Å². The third kappa shape index (κ3) is 4.67. The molecule has 1 N–H and O–H groups in total. The molecule has 0 spiro atoms. The van der Waals surface area contributed by atoms with Gasteiger partial charge in [0.15, 0.2) is 6.61 Å². The lowest BCUT2D eigenvalue weighted by atomic mass is 10.1. The molecule has 2 heterocycles. The zero-order valence-electron chi connectivity index (χ0n) is 15.1. The van der Waals surface area contributed by atoms with E-state index in [1.807, 2.05) is 36.4 Å². The number of nitrogens with one attached hydrogen (secondary N) is 1. The number of carbonyl (C=O) groups excluding carboxylic acids is 1. The Morgan fingerprint density at radius 1 is 1.03 bits per heavy atom. The van der Waals surface area contributed by atoms with E-state index in [0.717, 1.165) is 4.47 Å². The van der Waals surface area contributed by atoms with Crippen LogP contribution in [0.5, 0.6) is 5.75 Å². The first kappa shape index (κ1) is 18.8. The molecule has 0 aliphatic rings. The number of amides is 1. The van der Waals surface area contributed by atoms with Crippen LogP contribution in [0.3, 0.4) is 0 Å². The summed E-state index contributed by atoms with van der Waals surface area (Å²) >= 11 is 3.36. The summed E-state index contributed by atoms with van der Waals surface area (Å²) in [6.07, 6.45) is 1.66. The van der Waals surface area contributed by atoms with Crippen molar-refractivity contribution in [3.8, 4) is 28.7 Å². The SMILES string of the molecule is O=C(COc1ccc(Br)cc1)Nc1ccccc1-c1nc(-c2ccccn2)no1. The van der Waals surface area contributed by atoms with E-state index in [4.69, 9.17) is 9.26 Å². The topological polar surface area (TPSA) is 90.1 Å². The highest BCUT2D eigenvalue weighted by Crippen LogP contribution is 2.28. The molecule has 1 amide bonds. The van der Waals surface area contributed by atoms with Crippen molar-refractivity contribution < 1.29 is 14.1 Å². The van der Waals surface area contributed by atoms with Crippen LogP contribution >= 0.6 is 15.9 Å². The van der Waals surface area contributed by atoms with Crippen LogP contribution in [0.4, 0.5) is 5.69 Å². The van der Waals surface area contributed by atoms with Gasteiger partial charge in [0.1, 0.15) is 11.4 Å². The predicted octanol–water partition coefficient (Wildman–Crippen LogP) is 4.58. The van der Waals surface area contributed by atoms with Gasteiger partial charge in [-0.2, -0.15) is 4.98 Å². The molecule has 0 aliphatic heterocycles. The minimum atomic E-state index is -0.301. The first-order chi connectivity index (χ1) is 14.2. The number of hydrogen-bond donors (Lipinski definition) is 1. The van der Waals surface area contributed by atoms with E-state index in [2.05, 4.69) is 36.4 Å². The number of ether oxygens (including phenoxy) is 1. The second-order valence-electron chi connectivity index (χ2n) is 5.97. The molecule has 0 radical (unpaired) electrons. The third-order valence-corrected chi connectivity index (χ3v) is 4.46. The highest BCUT2D eigenvalue weighted by Gasteiger charge is 2.16. The summed E-state index contributed by atoms with van der Waals surface area (Å²) in [5.41, 5.74) is 1.76. The predicted molar refractivity (Wildman–Crippen MR) is 111 cm³/mol. The lowest BCUT2D eigenvalue weighted by molar-refractivity contribution is -0.118. The summed E-state index contributed by atoms with van der Waals surface area (Å²) in [5, 5.41) is 6.80. The molecule has 0 fully saturated rings. The van der Waals surface area contributed by atoms with E-state index in [9.17, 15) is 4.79 Å². The lowest BCUT2D eigenvalue weighted by Gasteiger charge is -2.09. The molecule has 7 nitrogen and oxygen atoms in total. The Kier molecular flexibility index (Phi) is 5.62. The summed E-state index contributed by atoms with van der Waals surface area (Å²) < 4.78 is 11.8. The Morgan fingerprint density at radius 3 is 2.62 bits per heavy atom. The molecule has 0 unspecified atom stereocenters. The van der Waals surface area contributed by atoms with E-state index >= 15 is 0 Å². The van der Waals surface area contributed by atoms with Crippen LogP contribution in [0, 0.1) is 0 Å². The zero-order valence-corrected chi connectivity index (χ0v) is 16.7. The maximum absolute atomic E-state index is 12.3. The fraction of sp³-hybridized carbons (Fsp3) is 0.0476. The number of anilines is 1. The first-order valence-corrected chi connectivity index (χ1v) is 9.51. The maximum atomic E-state index is 12.3. The van der Waals surface area contributed by atoms with E-state index in [1.165, 1.54) is 0 Å². The molecule has 0 saturated heterocycles. The summed E-state index contributed by atoms with van der Waals surface area (Å²) in [6, 6.07) is 19.9. The normalized spacial score (nSPS) is 10.5.